The molecule has 2 aliphatic heterocycles. The van der Waals surface area contributed by atoms with Gasteiger partial charge in [0.25, 0.3) is 0 Å². The normalized spacial score (nSPS) is 44.3. The molecule has 5 aliphatic rings. The van der Waals surface area contributed by atoms with E-state index in [-0.39, 0.29) is 11.8 Å². The van der Waals surface area contributed by atoms with E-state index in [9.17, 15) is 15.3 Å². The number of benzene rings is 1. The Kier molecular flexibility index (Phi) is 2.67. The second kappa shape index (κ2) is 4.51. The van der Waals surface area contributed by atoms with Gasteiger partial charge in [-0.3, -0.25) is 4.90 Å². The first-order valence-corrected chi connectivity index (χ1v) is 9.71. The number of aliphatic hydroxyl groups is 2. The van der Waals surface area contributed by atoms with Gasteiger partial charge in [-0.2, -0.15) is 0 Å². The van der Waals surface area contributed by atoms with Crippen molar-refractivity contribution in [1.29, 1.82) is 0 Å². The Morgan fingerprint density at radius 2 is 2.04 bits per heavy atom. The lowest BCUT2D eigenvalue weighted by molar-refractivity contribution is -0.208. The fourth-order valence-corrected chi connectivity index (χ4v) is 6.46. The molecule has 2 unspecified atom stereocenters. The van der Waals surface area contributed by atoms with Crippen LogP contribution in [0.25, 0.3) is 0 Å². The van der Waals surface area contributed by atoms with Crippen molar-refractivity contribution in [2.75, 3.05) is 13.1 Å². The highest BCUT2D eigenvalue weighted by atomic mass is 16.5. The third-order valence-corrected chi connectivity index (χ3v) is 7.73. The molecule has 1 saturated heterocycles. The lowest BCUT2D eigenvalue weighted by Gasteiger charge is -2.63. The van der Waals surface area contributed by atoms with E-state index in [4.69, 9.17) is 4.74 Å². The predicted molar refractivity (Wildman–Crippen MR) is 90.8 cm³/mol. The summed E-state index contributed by atoms with van der Waals surface area (Å²) in [6.45, 7) is 2.02. The molecule has 134 valence electrons. The molecule has 5 nitrogen and oxygen atoms in total. The van der Waals surface area contributed by atoms with Crippen LogP contribution in [0.2, 0.25) is 0 Å². The number of piperidine rings is 1. The first-order chi connectivity index (χ1) is 12.0. The molecular formula is C20H25NO4. The SMILES string of the molecule is Oc1ccc2c3c1O[C@H]1[C@@H](O)CC[C@@]4(O)C(C2)N(CC2CC2)CCC314. The van der Waals surface area contributed by atoms with Gasteiger partial charge in [-0.05, 0) is 62.6 Å². The molecule has 3 fully saturated rings. The molecule has 1 spiro atoms. The zero-order chi connectivity index (χ0) is 17.0. The molecule has 1 aromatic rings. The summed E-state index contributed by atoms with van der Waals surface area (Å²) >= 11 is 0. The topological polar surface area (TPSA) is 73.2 Å². The van der Waals surface area contributed by atoms with Gasteiger partial charge in [0.15, 0.2) is 11.5 Å². The van der Waals surface area contributed by atoms with Crippen molar-refractivity contribution in [2.45, 2.75) is 67.8 Å². The number of aromatic hydroxyl groups is 1. The maximum atomic E-state index is 12.0. The monoisotopic (exact) mass is 343 g/mol. The van der Waals surface area contributed by atoms with Crippen molar-refractivity contribution in [3.63, 3.8) is 0 Å². The molecular weight excluding hydrogens is 318 g/mol. The average Bonchev–Trinajstić information content (AvgIpc) is 3.32. The number of phenolic OH excluding ortho intramolecular Hbond substituents is 1. The number of hydrogen-bond acceptors (Lipinski definition) is 5. The van der Waals surface area contributed by atoms with Gasteiger partial charge >= 0.3 is 0 Å². The number of likely N-dealkylation sites (tertiary alicyclic amines) is 1. The Bertz CT molecular complexity index is 762. The molecule has 25 heavy (non-hydrogen) atoms. The summed E-state index contributed by atoms with van der Waals surface area (Å²) in [5, 5.41) is 33.1. The van der Waals surface area contributed by atoms with Crippen LogP contribution in [0.5, 0.6) is 11.5 Å². The highest BCUT2D eigenvalue weighted by Gasteiger charge is 2.72. The van der Waals surface area contributed by atoms with E-state index in [1.54, 1.807) is 6.07 Å². The minimum absolute atomic E-state index is 0.0865. The standard InChI is InChI=1S/C20H25NO4/c22-13-4-3-12-9-15-20(24)6-5-14(23)18-19(20,16(12)17(13)25-18)7-8-21(15)10-11-1-2-11/h3-4,11,14-15,18,22-24H,1-2,5-10H2/t14-,15?,18-,19?,20+/m0/s1. The number of phenols is 1. The van der Waals surface area contributed by atoms with E-state index in [1.807, 2.05) is 6.07 Å². The Balaban J connectivity index is 1.57. The Hall–Kier alpha value is -1.30. The van der Waals surface area contributed by atoms with Crippen LogP contribution in [-0.2, 0) is 11.8 Å². The first-order valence-electron chi connectivity index (χ1n) is 9.71. The summed E-state index contributed by atoms with van der Waals surface area (Å²) in [5.41, 5.74) is 0.716. The molecule has 0 radical (unpaired) electrons. The molecule has 5 atom stereocenters. The van der Waals surface area contributed by atoms with E-state index in [0.717, 1.165) is 37.4 Å². The smallest absolute Gasteiger partial charge is 0.165 e. The minimum atomic E-state index is -0.879. The Labute approximate surface area is 147 Å². The molecule has 2 saturated carbocycles. The molecule has 0 amide bonds. The van der Waals surface area contributed by atoms with Crippen molar-refractivity contribution in [3.05, 3.63) is 23.3 Å². The van der Waals surface area contributed by atoms with Gasteiger partial charge in [0, 0.05) is 18.2 Å². The van der Waals surface area contributed by atoms with Crippen LogP contribution in [-0.4, -0.2) is 57.2 Å². The number of nitrogens with zero attached hydrogens (tertiary/aromatic N) is 1. The van der Waals surface area contributed by atoms with E-state index in [1.165, 1.54) is 18.4 Å². The van der Waals surface area contributed by atoms with Gasteiger partial charge in [0.05, 0.1) is 17.1 Å². The second-order valence-electron chi connectivity index (χ2n) is 8.90. The lowest BCUT2D eigenvalue weighted by atomic mass is 9.48. The summed E-state index contributed by atoms with van der Waals surface area (Å²) in [7, 11) is 0. The van der Waals surface area contributed by atoms with Crippen LogP contribution in [0.1, 0.15) is 43.2 Å². The van der Waals surface area contributed by atoms with Gasteiger partial charge < -0.3 is 20.1 Å². The van der Waals surface area contributed by atoms with Gasteiger partial charge in [0.1, 0.15) is 6.10 Å². The third-order valence-electron chi connectivity index (χ3n) is 7.73. The van der Waals surface area contributed by atoms with Gasteiger partial charge in [-0.15, -0.1) is 0 Å². The molecule has 3 N–H and O–H groups in total. The highest BCUT2D eigenvalue weighted by molar-refractivity contribution is 5.62. The van der Waals surface area contributed by atoms with Crippen molar-refractivity contribution >= 4 is 0 Å². The van der Waals surface area contributed by atoms with Crippen LogP contribution < -0.4 is 4.74 Å². The van der Waals surface area contributed by atoms with Crippen LogP contribution in [0.3, 0.4) is 0 Å². The number of hydrogen-bond donors (Lipinski definition) is 3. The van der Waals surface area contributed by atoms with E-state index >= 15 is 0 Å². The molecule has 6 rings (SSSR count). The van der Waals surface area contributed by atoms with Gasteiger partial charge in [-0.25, -0.2) is 0 Å². The molecule has 1 aromatic carbocycles. The zero-order valence-corrected chi connectivity index (χ0v) is 14.3. The number of ether oxygens (including phenoxy) is 1. The summed E-state index contributed by atoms with van der Waals surface area (Å²) in [6, 6.07) is 3.79. The van der Waals surface area contributed by atoms with Gasteiger partial charge in [0.2, 0.25) is 0 Å². The van der Waals surface area contributed by atoms with Crippen molar-refractivity contribution in [3.8, 4) is 11.5 Å². The fraction of sp³-hybridized carbons (Fsp3) is 0.700. The number of aliphatic hydroxyl groups excluding tert-OH is 1. The van der Waals surface area contributed by atoms with Crippen LogP contribution in [0, 0.1) is 5.92 Å². The fourth-order valence-electron chi connectivity index (χ4n) is 6.46. The molecule has 0 aromatic heterocycles. The van der Waals surface area contributed by atoms with Crippen molar-refractivity contribution in [1.82, 2.24) is 4.90 Å². The quantitative estimate of drug-likeness (QED) is 0.755. The second-order valence-corrected chi connectivity index (χ2v) is 8.90. The lowest BCUT2D eigenvalue weighted by Crippen LogP contribution is -2.77. The van der Waals surface area contributed by atoms with E-state index in [2.05, 4.69) is 4.90 Å². The molecule has 2 heterocycles. The zero-order valence-electron chi connectivity index (χ0n) is 14.3. The van der Waals surface area contributed by atoms with Crippen LogP contribution >= 0.6 is 0 Å². The summed E-state index contributed by atoms with van der Waals surface area (Å²) in [6.07, 6.45) is 4.35. The minimum Gasteiger partial charge on any atom is -0.504 e. The van der Waals surface area contributed by atoms with Crippen molar-refractivity contribution in [2.24, 2.45) is 5.92 Å². The highest BCUT2D eigenvalue weighted by Crippen LogP contribution is 2.65. The average molecular weight is 343 g/mol. The maximum Gasteiger partial charge on any atom is 0.165 e. The largest absolute Gasteiger partial charge is 0.504 e. The molecule has 2 bridgehead atoms. The molecule has 5 heteroatoms. The van der Waals surface area contributed by atoms with Crippen LogP contribution in [0.15, 0.2) is 12.1 Å². The first kappa shape index (κ1) is 14.8. The molecule has 3 aliphatic carbocycles. The van der Waals surface area contributed by atoms with Gasteiger partial charge in [-0.1, -0.05) is 6.07 Å². The third kappa shape index (κ3) is 1.61. The number of rotatable bonds is 2. The van der Waals surface area contributed by atoms with E-state index < -0.39 is 23.2 Å². The Morgan fingerprint density at radius 1 is 1.20 bits per heavy atom. The predicted octanol–water partition coefficient (Wildman–Crippen LogP) is 1.32. The maximum absolute atomic E-state index is 12.0. The van der Waals surface area contributed by atoms with Crippen molar-refractivity contribution < 1.29 is 20.1 Å². The summed E-state index contributed by atoms with van der Waals surface area (Å²) in [5.74, 6) is 1.44. The summed E-state index contributed by atoms with van der Waals surface area (Å²) < 4.78 is 6.14. The van der Waals surface area contributed by atoms with E-state index in [0.29, 0.717) is 18.6 Å². The Morgan fingerprint density at radius 3 is 2.84 bits per heavy atom. The van der Waals surface area contributed by atoms with Crippen LogP contribution in [0.4, 0.5) is 0 Å². The summed E-state index contributed by atoms with van der Waals surface area (Å²) in [4.78, 5) is 2.51.